The topological polar surface area (TPSA) is 87.7 Å². The van der Waals surface area contributed by atoms with Crippen LogP contribution >= 0.6 is 0 Å². The second kappa shape index (κ2) is 8.82. The number of aliphatic hydroxyl groups is 1. The van der Waals surface area contributed by atoms with Crippen molar-refractivity contribution in [3.05, 3.63) is 47.8 Å². The molecule has 0 unspecified atom stereocenters. The standard InChI is InChI=1S/C19H25N3O4/c1-25-17-7-3-2-5-14(17)13-22(8-9-23)19(24)16-6-4-10-26-18(16)15-11-20-21-12-15/h2-3,5,7,11-12,16,18,23H,4,6,8-10,13H2,1H3,(H,20,21)/t16-,18+/m1/s1. The lowest BCUT2D eigenvalue weighted by Gasteiger charge is -2.34. The number of nitrogens with zero attached hydrogens (tertiary/aromatic N) is 2. The lowest BCUT2D eigenvalue weighted by molar-refractivity contribution is -0.146. The largest absolute Gasteiger partial charge is 0.496 e. The molecule has 1 aromatic heterocycles. The molecule has 1 aliphatic heterocycles. The molecule has 2 aromatic rings. The summed E-state index contributed by atoms with van der Waals surface area (Å²) in [5, 5.41) is 16.2. The van der Waals surface area contributed by atoms with Crippen molar-refractivity contribution in [2.24, 2.45) is 5.92 Å². The Morgan fingerprint density at radius 2 is 2.31 bits per heavy atom. The molecule has 26 heavy (non-hydrogen) atoms. The van der Waals surface area contributed by atoms with Gasteiger partial charge in [0, 0.05) is 37.0 Å². The Labute approximate surface area is 152 Å². The minimum absolute atomic E-state index is 0.0177. The van der Waals surface area contributed by atoms with Gasteiger partial charge in [0.25, 0.3) is 0 Å². The zero-order chi connectivity index (χ0) is 18.4. The first-order valence-electron chi connectivity index (χ1n) is 8.86. The number of aromatic amines is 1. The van der Waals surface area contributed by atoms with Crippen molar-refractivity contribution in [3.8, 4) is 5.75 Å². The van der Waals surface area contributed by atoms with Gasteiger partial charge in [-0.15, -0.1) is 0 Å². The number of aromatic nitrogens is 2. The second-order valence-electron chi connectivity index (χ2n) is 6.37. The first-order valence-corrected chi connectivity index (χ1v) is 8.86. The molecule has 0 saturated carbocycles. The molecule has 1 fully saturated rings. The van der Waals surface area contributed by atoms with Gasteiger partial charge in [-0.1, -0.05) is 18.2 Å². The number of para-hydroxylation sites is 1. The van der Waals surface area contributed by atoms with Crippen molar-refractivity contribution in [3.63, 3.8) is 0 Å². The highest BCUT2D eigenvalue weighted by Gasteiger charge is 2.36. The van der Waals surface area contributed by atoms with E-state index in [4.69, 9.17) is 9.47 Å². The van der Waals surface area contributed by atoms with E-state index in [1.807, 2.05) is 24.3 Å². The molecule has 2 heterocycles. The predicted octanol–water partition coefficient (Wildman–Crippen LogP) is 1.91. The number of benzene rings is 1. The average Bonchev–Trinajstić information content (AvgIpc) is 3.22. The molecule has 0 spiro atoms. The van der Waals surface area contributed by atoms with Crippen molar-refractivity contribution in [2.75, 3.05) is 26.9 Å². The monoisotopic (exact) mass is 359 g/mol. The van der Waals surface area contributed by atoms with E-state index >= 15 is 0 Å². The number of methoxy groups -OCH3 is 1. The van der Waals surface area contributed by atoms with Crippen LogP contribution in [0.2, 0.25) is 0 Å². The van der Waals surface area contributed by atoms with Gasteiger partial charge in [-0.3, -0.25) is 9.89 Å². The summed E-state index contributed by atoms with van der Waals surface area (Å²) >= 11 is 0. The number of rotatable bonds is 7. The van der Waals surface area contributed by atoms with Gasteiger partial charge in [0.2, 0.25) is 5.91 Å². The van der Waals surface area contributed by atoms with Crippen LogP contribution in [0.15, 0.2) is 36.7 Å². The Balaban J connectivity index is 1.80. The molecule has 1 aliphatic rings. The van der Waals surface area contributed by atoms with E-state index in [2.05, 4.69) is 10.2 Å². The smallest absolute Gasteiger partial charge is 0.229 e. The van der Waals surface area contributed by atoms with Crippen molar-refractivity contribution < 1.29 is 19.4 Å². The molecule has 2 atom stereocenters. The molecule has 0 bridgehead atoms. The van der Waals surface area contributed by atoms with Crippen LogP contribution in [0.4, 0.5) is 0 Å². The summed E-state index contributed by atoms with van der Waals surface area (Å²) in [6.07, 6.45) is 4.75. The molecule has 3 rings (SSSR count). The summed E-state index contributed by atoms with van der Waals surface area (Å²) in [5.41, 5.74) is 1.79. The number of hydrogen-bond acceptors (Lipinski definition) is 5. The number of carbonyl (C=O) groups excluding carboxylic acids is 1. The minimum Gasteiger partial charge on any atom is -0.496 e. The average molecular weight is 359 g/mol. The van der Waals surface area contributed by atoms with Gasteiger partial charge in [-0.2, -0.15) is 5.10 Å². The molecule has 7 nitrogen and oxygen atoms in total. The number of nitrogens with one attached hydrogen (secondary N) is 1. The molecular weight excluding hydrogens is 334 g/mol. The maximum atomic E-state index is 13.3. The Hall–Kier alpha value is -2.38. The highest BCUT2D eigenvalue weighted by molar-refractivity contribution is 5.80. The van der Waals surface area contributed by atoms with E-state index in [1.165, 1.54) is 0 Å². The summed E-state index contributed by atoms with van der Waals surface area (Å²) in [4.78, 5) is 14.9. The fourth-order valence-corrected chi connectivity index (χ4v) is 3.44. The van der Waals surface area contributed by atoms with Gasteiger partial charge in [0.05, 0.1) is 31.9 Å². The molecule has 1 amide bonds. The van der Waals surface area contributed by atoms with Gasteiger partial charge in [-0.25, -0.2) is 0 Å². The van der Waals surface area contributed by atoms with Gasteiger partial charge < -0.3 is 19.5 Å². The summed E-state index contributed by atoms with van der Waals surface area (Å²) in [6.45, 7) is 1.19. The normalized spacial score (nSPS) is 19.9. The molecular formula is C19H25N3O4. The second-order valence-corrected chi connectivity index (χ2v) is 6.37. The lowest BCUT2D eigenvalue weighted by atomic mass is 9.89. The Morgan fingerprint density at radius 3 is 3.04 bits per heavy atom. The van der Waals surface area contributed by atoms with Gasteiger partial charge in [-0.05, 0) is 18.9 Å². The molecule has 7 heteroatoms. The minimum atomic E-state index is -0.311. The molecule has 0 aliphatic carbocycles. The van der Waals surface area contributed by atoms with Gasteiger partial charge >= 0.3 is 0 Å². The summed E-state index contributed by atoms with van der Waals surface area (Å²) < 4.78 is 11.3. The molecule has 140 valence electrons. The molecule has 1 aromatic carbocycles. The van der Waals surface area contributed by atoms with Crippen LogP contribution in [0.25, 0.3) is 0 Å². The van der Waals surface area contributed by atoms with E-state index in [0.717, 1.165) is 29.7 Å². The third-order valence-electron chi connectivity index (χ3n) is 4.72. The number of H-pyrrole nitrogens is 1. The zero-order valence-corrected chi connectivity index (χ0v) is 14.9. The van der Waals surface area contributed by atoms with Crippen LogP contribution in [0.1, 0.15) is 30.1 Å². The highest BCUT2D eigenvalue weighted by Crippen LogP contribution is 2.35. The van der Waals surface area contributed by atoms with E-state index in [-0.39, 0.29) is 31.1 Å². The molecule has 2 N–H and O–H groups in total. The van der Waals surface area contributed by atoms with E-state index in [1.54, 1.807) is 24.4 Å². The van der Waals surface area contributed by atoms with E-state index in [9.17, 15) is 9.90 Å². The van der Waals surface area contributed by atoms with Crippen LogP contribution < -0.4 is 4.74 Å². The SMILES string of the molecule is COc1ccccc1CN(CCO)C(=O)[C@@H]1CCCO[C@H]1c1cn[nH]c1. The van der Waals surface area contributed by atoms with E-state index in [0.29, 0.717) is 13.2 Å². The summed E-state index contributed by atoms with van der Waals surface area (Å²) in [5.74, 6) is 0.424. The zero-order valence-electron chi connectivity index (χ0n) is 14.9. The van der Waals surface area contributed by atoms with E-state index < -0.39 is 0 Å². The van der Waals surface area contributed by atoms with Crippen LogP contribution in [0.5, 0.6) is 5.75 Å². The van der Waals surface area contributed by atoms with Crippen molar-refractivity contribution in [1.82, 2.24) is 15.1 Å². The number of aliphatic hydroxyl groups excluding tert-OH is 1. The number of hydrogen-bond donors (Lipinski definition) is 2. The molecule has 0 radical (unpaired) electrons. The van der Waals surface area contributed by atoms with Gasteiger partial charge in [0.15, 0.2) is 0 Å². The molecule has 1 saturated heterocycles. The van der Waals surface area contributed by atoms with Crippen LogP contribution in [0, 0.1) is 5.92 Å². The summed E-state index contributed by atoms with van der Waals surface area (Å²) in [6, 6.07) is 7.61. The lowest BCUT2D eigenvalue weighted by Crippen LogP contribution is -2.41. The first kappa shape index (κ1) is 18.4. The Morgan fingerprint density at radius 1 is 1.46 bits per heavy atom. The van der Waals surface area contributed by atoms with Crippen molar-refractivity contribution in [1.29, 1.82) is 0 Å². The third kappa shape index (κ3) is 4.05. The van der Waals surface area contributed by atoms with Crippen LogP contribution in [-0.2, 0) is 16.1 Å². The Kier molecular flexibility index (Phi) is 6.25. The number of amides is 1. The summed E-state index contributed by atoms with van der Waals surface area (Å²) in [7, 11) is 1.61. The highest BCUT2D eigenvalue weighted by atomic mass is 16.5. The maximum absolute atomic E-state index is 13.3. The first-order chi connectivity index (χ1) is 12.7. The predicted molar refractivity (Wildman–Crippen MR) is 95.5 cm³/mol. The van der Waals surface area contributed by atoms with Crippen molar-refractivity contribution >= 4 is 5.91 Å². The fourth-order valence-electron chi connectivity index (χ4n) is 3.44. The Bertz CT molecular complexity index is 705. The number of ether oxygens (including phenoxy) is 2. The van der Waals surface area contributed by atoms with Gasteiger partial charge in [0.1, 0.15) is 5.75 Å². The fraction of sp³-hybridized carbons (Fsp3) is 0.474. The maximum Gasteiger partial charge on any atom is 0.229 e. The third-order valence-corrected chi connectivity index (χ3v) is 4.72. The van der Waals surface area contributed by atoms with Crippen LogP contribution in [-0.4, -0.2) is 53.0 Å². The van der Waals surface area contributed by atoms with Crippen molar-refractivity contribution in [2.45, 2.75) is 25.5 Å². The van der Waals surface area contributed by atoms with Crippen LogP contribution in [0.3, 0.4) is 0 Å². The quantitative estimate of drug-likeness (QED) is 0.788. The number of carbonyl (C=O) groups is 1.